The molecule has 0 bridgehead atoms. The van der Waals surface area contributed by atoms with Gasteiger partial charge in [0.1, 0.15) is 12.0 Å². The van der Waals surface area contributed by atoms with Crippen LogP contribution in [0.5, 0.6) is 0 Å². The van der Waals surface area contributed by atoms with Crippen LogP contribution < -0.4 is 5.32 Å². The molecule has 0 unspecified atom stereocenters. The maximum Gasteiger partial charge on any atom is 0.298 e. The van der Waals surface area contributed by atoms with Crippen LogP contribution in [0.15, 0.2) is 67.1 Å². The van der Waals surface area contributed by atoms with Crippen LogP contribution in [0, 0.1) is 11.8 Å². The van der Waals surface area contributed by atoms with Crippen molar-refractivity contribution < 1.29 is 9.59 Å². The summed E-state index contributed by atoms with van der Waals surface area (Å²) in [7, 11) is 0. The molecule has 4 aromatic rings. The smallest absolute Gasteiger partial charge is 0.298 e. The van der Waals surface area contributed by atoms with Crippen molar-refractivity contribution in [3.63, 3.8) is 0 Å². The maximum atomic E-state index is 12.7. The van der Waals surface area contributed by atoms with Crippen molar-refractivity contribution in [1.82, 2.24) is 25.2 Å². The SMILES string of the molecule is CC#CC(=O)N1CC=C(c2c[nH]c3ncnc(-c4ccc(CNC(=O)c5ccc(C(C)(C)C)cc5)cc4)c23)CC1. The highest BCUT2D eigenvalue weighted by Gasteiger charge is 2.21. The zero-order valence-corrected chi connectivity index (χ0v) is 23.3. The van der Waals surface area contributed by atoms with Crippen LogP contribution in [0.4, 0.5) is 0 Å². The van der Waals surface area contributed by atoms with Crippen molar-refractivity contribution in [3.05, 3.63) is 89.4 Å². The Bertz CT molecular complexity index is 1650. The lowest BCUT2D eigenvalue weighted by Gasteiger charge is -2.24. The van der Waals surface area contributed by atoms with E-state index in [0.29, 0.717) is 25.2 Å². The lowest BCUT2D eigenvalue weighted by molar-refractivity contribution is -0.124. The normalized spacial score (nSPS) is 13.4. The lowest BCUT2D eigenvalue weighted by Crippen LogP contribution is -2.33. The summed E-state index contributed by atoms with van der Waals surface area (Å²) in [6.07, 6.45) is 6.35. The van der Waals surface area contributed by atoms with Crippen molar-refractivity contribution in [2.75, 3.05) is 13.1 Å². The number of hydrogen-bond acceptors (Lipinski definition) is 4. The first kappa shape index (κ1) is 26.9. The number of H-pyrrole nitrogens is 1. The molecule has 5 rings (SSSR count). The van der Waals surface area contributed by atoms with E-state index >= 15 is 0 Å². The van der Waals surface area contributed by atoms with Gasteiger partial charge in [-0.2, -0.15) is 0 Å². The molecule has 0 saturated heterocycles. The molecule has 202 valence electrons. The number of fused-ring (bicyclic) bond motifs is 1. The highest BCUT2D eigenvalue weighted by atomic mass is 16.2. The van der Waals surface area contributed by atoms with Crippen LogP contribution in [0.3, 0.4) is 0 Å². The Balaban J connectivity index is 1.31. The summed E-state index contributed by atoms with van der Waals surface area (Å²) in [6.45, 7) is 9.72. The fourth-order valence-corrected chi connectivity index (χ4v) is 4.91. The molecule has 1 aliphatic heterocycles. The van der Waals surface area contributed by atoms with E-state index < -0.39 is 0 Å². The Labute approximate surface area is 234 Å². The second-order valence-corrected chi connectivity index (χ2v) is 11.0. The summed E-state index contributed by atoms with van der Waals surface area (Å²) in [4.78, 5) is 38.9. The Hall–Kier alpha value is -4.70. The molecule has 3 heterocycles. The Morgan fingerprint density at radius 2 is 1.80 bits per heavy atom. The summed E-state index contributed by atoms with van der Waals surface area (Å²) in [5.74, 6) is 5.06. The summed E-state index contributed by atoms with van der Waals surface area (Å²) >= 11 is 0. The van der Waals surface area contributed by atoms with E-state index in [1.807, 2.05) is 54.7 Å². The molecule has 2 N–H and O–H groups in total. The molecular weight excluding hydrogens is 498 g/mol. The number of rotatable bonds is 5. The van der Waals surface area contributed by atoms with Gasteiger partial charge < -0.3 is 15.2 Å². The fourth-order valence-electron chi connectivity index (χ4n) is 4.91. The molecule has 7 heteroatoms. The largest absolute Gasteiger partial charge is 0.348 e. The number of carbonyl (C=O) groups is 2. The van der Waals surface area contributed by atoms with Crippen LogP contribution in [0.1, 0.15) is 61.2 Å². The van der Waals surface area contributed by atoms with E-state index in [0.717, 1.165) is 45.4 Å². The fraction of sp³-hybridized carbons (Fsp3) is 0.273. The third-order valence-electron chi connectivity index (χ3n) is 7.24. The van der Waals surface area contributed by atoms with Gasteiger partial charge in [-0.25, -0.2) is 9.97 Å². The van der Waals surface area contributed by atoms with E-state index in [1.165, 1.54) is 5.56 Å². The Kier molecular flexibility index (Phi) is 7.52. The molecule has 0 saturated carbocycles. The molecule has 0 aliphatic carbocycles. The molecule has 1 aliphatic rings. The van der Waals surface area contributed by atoms with Gasteiger partial charge >= 0.3 is 0 Å². The van der Waals surface area contributed by atoms with Gasteiger partial charge in [-0.1, -0.05) is 69.2 Å². The molecule has 0 spiro atoms. The molecule has 7 nitrogen and oxygen atoms in total. The van der Waals surface area contributed by atoms with Crippen molar-refractivity contribution in [2.24, 2.45) is 0 Å². The minimum absolute atomic E-state index is 0.0476. The summed E-state index contributed by atoms with van der Waals surface area (Å²) in [5, 5.41) is 3.98. The number of amides is 2. The van der Waals surface area contributed by atoms with Crippen LogP contribution >= 0.6 is 0 Å². The predicted molar refractivity (Wildman–Crippen MR) is 158 cm³/mol. The number of carbonyl (C=O) groups excluding carboxylic acids is 2. The van der Waals surface area contributed by atoms with Crippen LogP contribution in [0.25, 0.3) is 27.9 Å². The molecular formula is C33H33N5O2. The van der Waals surface area contributed by atoms with Crippen LogP contribution in [-0.2, 0) is 16.8 Å². The van der Waals surface area contributed by atoms with Gasteiger partial charge in [0.15, 0.2) is 0 Å². The zero-order chi connectivity index (χ0) is 28.3. The monoisotopic (exact) mass is 531 g/mol. The maximum absolute atomic E-state index is 12.7. The average Bonchev–Trinajstić information content (AvgIpc) is 3.40. The average molecular weight is 532 g/mol. The number of aromatic amines is 1. The summed E-state index contributed by atoms with van der Waals surface area (Å²) < 4.78 is 0. The first-order valence-corrected chi connectivity index (χ1v) is 13.5. The summed E-state index contributed by atoms with van der Waals surface area (Å²) in [6, 6.07) is 15.9. The van der Waals surface area contributed by atoms with E-state index in [1.54, 1.807) is 18.2 Å². The van der Waals surface area contributed by atoms with Gasteiger partial charge in [0.05, 0.1) is 11.1 Å². The van der Waals surface area contributed by atoms with Gasteiger partial charge in [-0.3, -0.25) is 9.59 Å². The van der Waals surface area contributed by atoms with Crippen molar-refractivity contribution in [1.29, 1.82) is 0 Å². The van der Waals surface area contributed by atoms with E-state index in [9.17, 15) is 9.59 Å². The summed E-state index contributed by atoms with van der Waals surface area (Å²) in [5.41, 5.74) is 7.67. The van der Waals surface area contributed by atoms with Gasteiger partial charge in [-0.05, 0) is 53.5 Å². The first-order valence-electron chi connectivity index (χ1n) is 13.5. The van der Waals surface area contributed by atoms with Crippen molar-refractivity contribution >= 4 is 28.4 Å². The number of nitrogens with one attached hydrogen (secondary N) is 2. The quantitative estimate of drug-likeness (QED) is 0.333. The minimum Gasteiger partial charge on any atom is -0.348 e. The highest BCUT2D eigenvalue weighted by Crippen LogP contribution is 2.34. The Morgan fingerprint density at radius 3 is 2.45 bits per heavy atom. The number of nitrogens with zero attached hydrogens (tertiary/aromatic N) is 3. The van der Waals surface area contributed by atoms with Crippen LogP contribution in [0.2, 0.25) is 0 Å². The highest BCUT2D eigenvalue weighted by molar-refractivity contribution is 6.00. The minimum atomic E-state index is -0.143. The Morgan fingerprint density at radius 1 is 1.05 bits per heavy atom. The van der Waals surface area contributed by atoms with Gasteiger partial charge in [-0.15, -0.1) is 0 Å². The van der Waals surface area contributed by atoms with Crippen LogP contribution in [-0.4, -0.2) is 44.8 Å². The number of benzene rings is 2. The van der Waals surface area contributed by atoms with Gasteiger partial charge in [0, 0.05) is 42.5 Å². The third-order valence-corrected chi connectivity index (χ3v) is 7.24. The molecule has 40 heavy (non-hydrogen) atoms. The molecule has 0 fully saturated rings. The topological polar surface area (TPSA) is 91.0 Å². The molecule has 2 aromatic heterocycles. The third kappa shape index (κ3) is 5.67. The number of hydrogen-bond donors (Lipinski definition) is 2. The molecule has 2 amide bonds. The molecule has 2 aromatic carbocycles. The van der Waals surface area contributed by atoms with E-state index in [-0.39, 0.29) is 17.2 Å². The molecule has 0 atom stereocenters. The second kappa shape index (κ2) is 11.2. The van der Waals surface area contributed by atoms with Gasteiger partial charge in [0.2, 0.25) is 0 Å². The predicted octanol–water partition coefficient (Wildman–Crippen LogP) is 5.49. The zero-order valence-electron chi connectivity index (χ0n) is 23.3. The van der Waals surface area contributed by atoms with Crippen molar-refractivity contribution in [2.45, 2.75) is 46.1 Å². The van der Waals surface area contributed by atoms with E-state index in [4.69, 9.17) is 0 Å². The standard InChI is InChI=1S/C33H33N5O2/c1-5-6-28(39)38-17-15-23(16-18-38)27-20-34-31-29(27)30(36-21-37-31)24-9-7-22(8-10-24)19-35-32(40)25-11-13-26(14-12-25)33(2,3)4/h7-15,20-21H,16-19H2,1-4H3,(H,35,40)(H,34,36,37). The number of aromatic nitrogens is 3. The first-order chi connectivity index (χ1) is 19.2. The molecule has 0 radical (unpaired) electrons. The van der Waals surface area contributed by atoms with Gasteiger partial charge in [0.25, 0.3) is 11.8 Å². The lowest BCUT2D eigenvalue weighted by atomic mass is 9.87. The van der Waals surface area contributed by atoms with E-state index in [2.05, 4.69) is 59.0 Å². The second-order valence-electron chi connectivity index (χ2n) is 11.0. The van der Waals surface area contributed by atoms with Crippen molar-refractivity contribution in [3.8, 4) is 23.1 Å².